The maximum atomic E-state index is 12.2. The van der Waals surface area contributed by atoms with Gasteiger partial charge in [0, 0.05) is 11.1 Å². The maximum Gasteiger partial charge on any atom is 0.277 e. The number of halogens is 2. The molecule has 0 spiro atoms. The van der Waals surface area contributed by atoms with E-state index in [1.807, 2.05) is 0 Å². The van der Waals surface area contributed by atoms with Crippen molar-refractivity contribution in [3.63, 3.8) is 0 Å². The molecule has 1 aliphatic rings. The lowest BCUT2D eigenvalue weighted by Gasteiger charge is -2.01. The van der Waals surface area contributed by atoms with E-state index in [1.54, 1.807) is 36.4 Å². The van der Waals surface area contributed by atoms with Crippen LogP contribution < -0.4 is 9.47 Å². The van der Waals surface area contributed by atoms with Gasteiger partial charge in [-0.05, 0) is 36.4 Å². The van der Waals surface area contributed by atoms with E-state index in [9.17, 15) is 4.79 Å². The minimum Gasteiger partial charge on any atom is -0.454 e. The molecule has 1 aliphatic heterocycles. The Labute approximate surface area is 162 Å². The molecule has 132 valence electrons. The molecule has 2 heterocycles. The number of aromatic nitrogens is 2. The fourth-order valence-electron chi connectivity index (χ4n) is 2.29. The van der Waals surface area contributed by atoms with Gasteiger partial charge < -0.3 is 13.9 Å². The molecule has 26 heavy (non-hydrogen) atoms. The third-order valence-electron chi connectivity index (χ3n) is 3.59. The van der Waals surface area contributed by atoms with E-state index in [2.05, 4.69) is 10.2 Å². The molecule has 6 nitrogen and oxygen atoms in total. The molecule has 3 aromatic rings. The Hall–Kier alpha value is -2.22. The Morgan fingerprint density at radius 3 is 2.73 bits per heavy atom. The van der Waals surface area contributed by atoms with Crippen molar-refractivity contribution in [3.05, 3.63) is 52.0 Å². The highest BCUT2D eigenvalue weighted by atomic mass is 35.5. The minimum atomic E-state index is -0.114. The zero-order chi connectivity index (χ0) is 18.1. The second-order valence-corrected chi connectivity index (χ2v) is 7.02. The van der Waals surface area contributed by atoms with Crippen molar-refractivity contribution in [2.75, 3.05) is 12.5 Å². The maximum absolute atomic E-state index is 12.2. The van der Waals surface area contributed by atoms with Crippen LogP contribution in [0.5, 0.6) is 11.5 Å². The first-order valence-electron chi connectivity index (χ1n) is 7.45. The number of hydrogen-bond donors (Lipinski definition) is 0. The number of rotatable bonds is 5. The number of carbonyl (C=O) groups excluding carboxylic acids is 1. The van der Waals surface area contributed by atoms with Gasteiger partial charge in [-0.25, -0.2) is 0 Å². The molecular weight excluding hydrogens is 399 g/mol. The summed E-state index contributed by atoms with van der Waals surface area (Å²) < 4.78 is 16.2. The lowest BCUT2D eigenvalue weighted by atomic mass is 10.1. The highest BCUT2D eigenvalue weighted by Gasteiger charge is 2.17. The van der Waals surface area contributed by atoms with Crippen LogP contribution in [-0.2, 0) is 0 Å². The van der Waals surface area contributed by atoms with Crippen LogP contribution in [0.2, 0.25) is 10.0 Å². The summed E-state index contributed by atoms with van der Waals surface area (Å²) in [5, 5.41) is 9.00. The number of Topliss-reactive ketones (excluding diaryl/α,β-unsaturated/α-hetero) is 1. The van der Waals surface area contributed by atoms with Crippen LogP contribution in [0.15, 0.2) is 46.0 Å². The predicted octanol–water partition coefficient (Wildman–Crippen LogP) is 4.75. The van der Waals surface area contributed by atoms with Crippen molar-refractivity contribution in [1.29, 1.82) is 0 Å². The zero-order valence-corrected chi connectivity index (χ0v) is 15.4. The van der Waals surface area contributed by atoms with Crippen molar-refractivity contribution >= 4 is 40.7 Å². The van der Waals surface area contributed by atoms with Crippen LogP contribution in [0.1, 0.15) is 10.4 Å². The van der Waals surface area contributed by atoms with Gasteiger partial charge in [0.2, 0.25) is 12.7 Å². The monoisotopic (exact) mass is 408 g/mol. The summed E-state index contributed by atoms with van der Waals surface area (Å²) in [6, 6.07) is 10.1. The van der Waals surface area contributed by atoms with E-state index in [0.29, 0.717) is 43.8 Å². The number of carbonyl (C=O) groups is 1. The van der Waals surface area contributed by atoms with Crippen LogP contribution in [-0.4, -0.2) is 28.5 Å². The van der Waals surface area contributed by atoms with Gasteiger partial charge in [-0.15, -0.1) is 10.2 Å². The molecule has 0 bridgehead atoms. The fourth-order valence-corrected chi connectivity index (χ4v) is 3.25. The second kappa shape index (κ2) is 7.19. The first-order chi connectivity index (χ1) is 12.6. The van der Waals surface area contributed by atoms with E-state index >= 15 is 0 Å². The van der Waals surface area contributed by atoms with Gasteiger partial charge in [-0.2, -0.15) is 0 Å². The number of hydrogen-bond acceptors (Lipinski definition) is 7. The number of nitrogens with zero attached hydrogens (tertiary/aromatic N) is 2. The smallest absolute Gasteiger partial charge is 0.277 e. The molecule has 0 atom stereocenters. The molecule has 0 aliphatic carbocycles. The molecule has 0 unspecified atom stereocenters. The molecular formula is C17H10Cl2N2O4S. The lowest BCUT2D eigenvalue weighted by molar-refractivity contribution is 0.102. The molecule has 0 amide bonds. The molecule has 0 saturated carbocycles. The van der Waals surface area contributed by atoms with Gasteiger partial charge in [-0.1, -0.05) is 35.0 Å². The van der Waals surface area contributed by atoms with Crippen LogP contribution in [0.25, 0.3) is 11.5 Å². The average molecular weight is 409 g/mol. The van der Waals surface area contributed by atoms with E-state index in [4.69, 9.17) is 37.1 Å². The first kappa shape index (κ1) is 17.2. The third-order valence-corrected chi connectivity index (χ3v) is 5.15. The Morgan fingerprint density at radius 2 is 1.88 bits per heavy atom. The fraction of sp³-hybridized carbons (Fsp3) is 0.118. The van der Waals surface area contributed by atoms with Crippen LogP contribution >= 0.6 is 35.0 Å². The summed E-state index contributed by atoms with van der Waals surface area (Å²) in [6.45, 7) is 0.195. The number of ketones is 1. The molecule has 0 radical (unpaired) electrons. The van der Waals surface area contributed by atoms with Gasteiger partial charge in [0.15, 0.2) is 17.3 Å². The van der Waals surface area contributed by atoms with Crippen LogP contribution in [0.4, 0.5) is 0 Å². The van der Waals surface area contributed by atoms with Crippen LogP contribution in [0.3, 0.4) is 0 Å². The molecule has 9 heteroatoms. The Morgan fingerprint density at radius 1 is 1.04 bits per heavy atom. The quantitative estimate of drug-likeness (QED) is 0.445. The number of fused-ring (bicyclic) bond motifs is 1. The third kappa shape index (κ3) is 3.51. The second-order valence-electron chi connectivity index (χ2n) is 5.28. The molecule has 0 N–H and O–H groups in total. The molecule has 4 rings (SSSR count). The van der Waals surface area contributed by atoms with Crippen molar-refractivity contribution in [2.45, 2.75) is 5.22 Å². The van der Waals surface area contributed by atoms with Gasteiger partial charge in [0.1, 0.15) is 0 Å². The number of ether oxygens (including phenoxy) is 2. The van der Waals surface area contributed by atoms with Gasteiger partial charge >= 0.3 is 0 Å². The summed E-state index contributed by atoms with van der Waals surface area (Å²) in [4.78, 5) is 12.2. The molecule has 1 aromatic heterocycles. The van der Waals surface area contributed by atoms with Crippen molar-refractivity contribution < 1.29 is 18.7 Å². The van der Waals surface area contributed by atoms with E-state index < -0.39 is 0 Å². The van der Waals surface area contributed by atoms with Crippen LogP contribution in [0, 0.1) is 0 Å². The predicted molar refractivity (Wildman–Crippen MR) is 97.4 cm³/mol. The Bertz CT molecular complexity index is 993. The minimum absolute atomic E-state index is 0.114. The number of thioether (sulfide) groups is 1. The standard InChI is InChI=1S/C17H10Cl2N2O4S/c18-11-3-1-9(5-12(11)19)13(22)7-26-17-21-20-16(25-17)10-2-4-14-15(6-10)24-8-23-14/h1-6H,7-8H2. The summed E-state index contributed by atoms with van der Waals surface area (Å²) in [5.41, 5.74) is 1.19. The SMILES string of the molecule is O=C(CSc1nnc(-c2ccc3c(c2)OCO3)o1)c1ccc(Cl)c(Cl)c1. The Balaban J connectivity index is 1.43. The molecule has 0 fully saturated rings. The van der Waals surface area contributed by atoms with Gasteiger partial charge in [0.25, 0.3) is 5.22 Å². The summed E-state index contributed by atoms with van der Waals surface area (Å²) in [6.07, 6.45) is 0. The van der Waals surface area contributed by atoms with E-state index in [0.717, 1.165) is 11.8 Å². The van der Waals surface area contributed by atoms with E-state index in [1.165, 1.54) is 0 Å². The number of benzene rings is 2. The topological polar surface area (TPSA) is 74.5 Å². The normalized spacial score (nSPS) is 12.4. The Kier molecular flexibility index (Phi) is 4.76. The van der Waals surface area contributed by atoms with Gasteiger partial charge in [-0.3, -0.25) is 4.79 Å². The van der Waals surface area contributed by atoms with Gasteiger partial charge in [0.05, 0.1) is 15.8 Å². The first-order valence-corrected chi connectivity index (χ1v) is 9.19. The summed E-state index contributed by atoms with van der Waals surface area (Å²) in [7, 11) is 0. The zero-order valence-electron chi connectivity index (χ0n) is 13.1. The highest BCUT2D eigenvalue weighted by Crippen LogP contribution is 2.36. The largest absolute Gasteiger partial charge is 0.454 e. The average Bonchev–Trinajstić information content (AvgIpc) is 3.30. The molecule has 0 saturated heterocycles. The molecule has 2 aromatic carbocycles. The van der Waals surface area contributed by atoms with Crippen molar-refractivity contribution in [1.82, 2.24) is 10.2 Å². The summed E-state index contributed by atoms with van der Waals surface area (Å²) in [5.74, 6) is 1.67. The lowest BCUT2D eigenvalue weighted by Crippen LogP contribution is -2.02. The van der Waals surface area contributed by atoms with E-state index in [-0.39, 0.29) is 18.3 Å². The highest BCUT2D eigenvalue weighted by molar-refractivity contribution is 7.99. The summed E-state index contributed by atoms with van der Waals surface area (Å²) >= 11 is 12.9. The van der Waals surface area contributed by atoms with Crippen molar-refractivity contribution in [3.8, 4) is 23.0 Å². The van der Waals surface area contributed by atoms with Crippen molar-refractivity contribution in [2.24, 2.45) is 0 Å².